The number of rotatable bonds is 21. The SMILES string of the molecule is CCCCCCCCCCCCOCCOCCOCCOS(=O)(=O)O. The molecule has 0 amide bonds. The molecule has 158 valence electrons. The summed E-state index contributed by atoms with van der Waals surface area (Å²) in [6.07, 6.45) is 13.2. The summed E-state index contributed by atoms with van der Waals surface area (Å²) in [5.41, 5.74) is 0. The van der Waals surface area contributed by atoms with Crippen molar-refractivity contribution < 1.29 is 31.4 Å². The second-order valence-electron chi connectivity index (χ2n) is 6.27. The molecule has 0 unspecified atom stereocenters. The topological polar surface area (TPSA) is 91.3 Å². The predicted octanol–water partition coefficient (Wildman–Crippen LogP) is 3.78. The monoisotopic (exact) mass is 398 g/mol. The fourth-order valence-corrected chi connectivity index (χ4v) is 2.71. The molecule has 0 aliphatic heterocycles. The third kappa shape index (κ3) is 23.8. The normalized spacial score (nSPS) is 11.9. The number of ether oxygens (including phenoxy) is 3. The summed E-state index contributed by atoms with van der Waals surface area (Å²) in [4.78, 5) is 0. The molecule has 0 rings (SSSR count). The van der Waals surface area contributed by atoms with E-state index in [1.807, 2.05) is 0 Å². The maximum atomic E-state index is 10.3. The largest absolute Gasteiger partial charge is 0.397 e. The number of unbranched alkanes of at least 4 members (excludes halogenated alkanes) is 9. The molecule has 0 heterocycles. The second kappa shape index (κ2) is 19.5. The Hall–Kier alpha value is -0.250. The first-order valence-electron chi connectivity index (χ1n) is 9.91. The van der Waals surface area contributed by atoms with Gasteiger partial charge >= 0.3 is 10.4 Å². The van der Waals surface area contributed by atoms with Gasteiger partial charge in [0.1, 0.15) is 0 Å². The lowest BCUT2D eigenvalue weighted by Gasteiger charge is -2.07. The molecule has 0 saturated heterocycles. The van der Waals surface area contributed by atoms with Gasteiger partial charge in [-0.15, -0.1) is 0 Å². The van der Waals surface area contributed by atoms with Crippen LogP contribution in [-0.4, -0.2) is 59.2 Å². The van der Waals surface area contributed by atoms with Gasteiger partial charge in [0.25, 0.3) is 0 Å². The quantitative estimate of drug-likeness (QED) is 0.232. The molecule has 0 aliphatic rings. The minimum atomic E-state index is -4.38. The van der Waals surface area contributed by atoms with E-state index in [1.165, 1.54) is 57.8 Å². The predicted molar refractivity (Wildman–Crippen MR) is 102 cm³/mol. The first-order valence-corrected chi connectivity index (χ1v) is 11.3. The van der Waals surface area contributed by atoms with Crippen molar-refractivity contribution in [2.45, 2.75) is 71.1 Å². The summed E-state index contributed by atoms with van der Waals surface area (Å²) in [6, 6.07) is 0. The van der Waals surface area contributed by atoms with Gasteiger partial charge in [-0.25, -0.2) is 4.18 Å². The Morgan fingerprint density at radius 1 is 0.577 bits per heavy atom. The Kier molecular flexibility index (Phi) is 19.3. The maximum Gasteiger partial charge on any atom is 0.397 e. The fourth-order valence-electron chi connectivity index (χ4n) is 2.43. The minimum Gasteiger partial charge on any atom is -0.379 e. The highest BCUT2D eigenvalue weighted by atomic mass is 32.3. The van der Waals surface area contributed by atoms with Gasteiger partial charge in [-0.3, -0.25) is 4.55 Å². The van der Waals surface area contributed by atoms with Crippen LogP contribution in [0.3, 0.4) is 0 Å². The lowest BCUT2D eigenvalue weighted by Crippen LogP contribution is -2.13. The van der Waals surface area contributed by atoms with Gasteiger partial charge in [0.15, 0.2) is 0 Å². The molecule has 0 aliphatic carbocycles. The summed E-state index contributed by atoms with van der Waals surface area (Å²) in [6.45, 7) is 4.74. The molecule has 0 aromatic heterocycles. The fraction of sp³-hybridized carbons (Fsp3) is 1.00. The first kappa shape index (κ1) is 25.8. The molecule has 26 heavy (non-hydrogen) atoms. The average Bonchev–Trinajstić information content (AvgIpc) is 2.59. The van der Waals surface area contributed by atoms with Gasteiger partial charge in [-0.05, 0) is 6.42 Å². The molecule has 0 saturated carbocycles. The van der Waals surface area contributed by atoms with Crippen LogP contribution in [0.15, 0.2) is 0 Å². The molecule has 8 heteroatoms. The van der Waals surface area contributed by atoms with Crippen molar-refractivity contribution in [3.63, 3.8) is 0 Å². The lowest BCUT2D eigenvalue weighted by atomic mass is 10.1. The van der Waals surface area contributed by atoms with Crippen molar-refractivity contribution in [1.29, 1.82) is 0 Å². The summed E-state index contributed by atoms with van der Waals surface area (Å²) in [5.74, 6) is 0. The van der Waals surface area contributed by atoms with Crippen molar-refractivity contribution in [3.05, 3.63) is 0 Å². The van der Waals surface area contributed by atoms with Crippen LogP contribution >= 0.6 is 0 Å². The Labute approximate surface area is 159 Å². The van der Waals surface area contributed by atoms with Crippen molar-refractivity contribution in [2.24, 2.45) is 0 Å². The first-order chi connectivity index (χ1) is 12.6. The van der Waals surface area contributed by atoms with Gasteiger partial charge in [0, 0.05) is 6.61 Å². The molecule has 0 aromatic carbocycles. The average molecular weight is 399 g/mol. The molecule has 0 aromatic rings. The van der Waals surface area contributed by atoms with E-state index < -0.39 is 10.4 Å². The molecular formula is C18H38O7S. The third-order valence-electron chi connectivity index (χ3n) is 3.85. The van der Waals surface area contributed by atoms with Gasteiger partial charge in [0.05, 0.1) is 39.6 Å². The molecule has 0 bridgehead atoms. The van der Waals surface area contributed by atoms with Gasteiger partial charge in [-0.2, -0.15) is 8.42 Å². The highest BCUT2D eigenvalue weighted by molar-refractivity contribution is 7.80. The van der Waals surface area contributed by atoms with Crippen LogP contribution in [0.1, 0.15) is 71.1 Å². The maximum absolute atomic E-state index is 10.3. The van der Waals surface area contributed by atoms with Gasteiger partial charge < -0.3 is 14.2 Å². The molecular weight excluding hydrogens is 360 g/mol. The molecule has 0 radical (unpaired) electrons. The van der Waals surface area contributed by atoms with Gasteiger partial charge in [-0.1, -0.05) is 64.7 Å². The zero-order valence-electron chi connectivity index (χ0n) is 16.3. The van der Waals surface area contributed by atoms with Crippen LogP contribution in [0, 0.1) is 0 Å². The molecule has 0 fully saturated rings. The summed E-state index contributed by atoms with van der Waals surface area (Å²) >= 11 is 0. The van der Waals surface area contributed by atoms with E-state index in [2.05, 4.69) is 11.1 Å². The zero-order valence-corrected chi connectivity index (χ0v) is 17.1. The lowest BCUT2D eigenvalue weighted by molar-refractivity contribution is 0.00854. The van der Waals surface area contributed by atoms with Crippen molar-refractivity contribution >= 4 is 10.4 Å². The van der Waals surface area contributed by atoms with Crippen LogP contribution in [0.4, 0.5) is 0 Å². The van der Waals surface area contributed by atoms with E-state index in [9.17, 15) is 8.42 Å². The molecule has 7 nitrogen and oxygen atoms in total. The molecule has 0 spiro atoms. The summed E-state index contributed by atoms with van der Waals surface area (Å²) in [5, 5.41) is 0. The van der Waals surface area contributed by atoms with Crippen molar-refractivity contribution in [1.82, 2.24) is 0 Å². The Morgan fingerprint density at radius 2 is 0.962 bits per heavy atom. The minimum absolute atomic E-state index is 0.0817. The van der Waals surface area contributed by atoms with E-state index >= 15 is 0 Å². The number of hydrogen-bond donors (Lipinski definition) is 1. The van der Waals surface area contributed by atoms with E-state index in [1.54, 1.807) is 0 Å². The van der Waals surface area contributed by atoms with Crippen molar-refractivity contribution in [3.8, 4) is 0 Å². The second-order valence-corrected chi connectivity index (χ2v) is 7.36. The van der Waals surface area contributed by atoms with E-state index in [0.29, 0.717) is 26.4 Å². The molecule has 1 N–H and O–H groups in total. The number of hydrogen-bond acceptors (Lipinski definition) is 6. The Bertz CT molecular complexity index is 374. The summed E-state index contributed by atoms with van der Waals surface area (Å²) < 4.78 is 48.9. The third-order valence-corrected chi connectivity index (χ3v) is 4.31. The smallest absolute Gasteiger partial charge is 0.379 e. The van der Waals surface area contributed by atoms with E-state index in [4.69, 9.17) is 18.8 Å². The Morgan fingerprint density at radius 3 is 1.42 bits per heavy atom. The van der Waals surface area contributed by atoms with Crippen molar-refractivity contribution in [2.75, 3.05) is 46.2 Å². The standard InChI is InChI=1S/C18H38O7S/c1-2-3-4-5-6-7-8-9-10-11-12-22-13-14-23-15-16-24-17-18-25-26(19,20)21/h2-18H2,1H3,(H,19,20,21). The van der Waals surface area contributed by atoms with Crippen LogP contribution in [-0.2, 0) is 28.8 Å². The highest BCUT2D eigenvalue weighted by Crippen LogP contribution is 2.10. The zero-order chi connectivity index (χ0) is 19.3. The summed E-state index contributed by atoms with van der Waals surface area (Å²) in [7, 11) is -4.38. The Balaban J connectivity index is 3.03. The van der Waals surface area contributed by atoms with Crippen LogP contribution < -0.4 is 0 Å². The van der Waals surface area contributed by atoms with Crippen LogP contribution in [0.2, 0.25) is 0 Å². The van der Waals surface area contributed by atoms with E-state index in [0.717, 1.165) is 13.0 Å². The van der Waals surface area contributed by atoms with E-state index in [-0.39, 0.29) is 13.2 Å². The van der Waals surface area contributed by atoms with Gasteiger partial charge in [0.2, 0.25) is 0 Å². The van der Waals surface area contributed by atoms with Crippen LogP contribution in [0.25, 0.3) is 0 Å². The highest BCUT2D eigenvalue weighted by Gasteiger charge is 2.02. The molecule has 0 atom stereocenters. The van der Waals surface area contributed by atoms with Crippen LogP contribution in [0.5, 0.6) is 0 Å².